The first kappa shape index (κ1) is 29.3. The molecule has 0 unspecified atom stereocenters. The largest absolute Gasteiger partial charge is 0.481 e. The van der Waals surface area contributed by atoms with Gasteiger partial charge in [-0.1, -0.05) is 17.7 Å². The molecule has 218 valence electrons. The van der Waals surface area contributed by atoms with E-state index in [2.05, 4.69) is 9.69 Å². The second kappa shape index (κ2) is 12.3. The maximum atomic E-state index is 15.0. The van der Waals surface area contributed by atoms with Gasteiger partial charge in [0.05, 0.1) is 58.4 Å². The third-order valence-electron chi connectivity index (χ3n) is 7.62. The number of alkyl halides is 1. The fourth-order valence-electron chi connectivity index (χ4n) is 5.42. The number of ether oxygens (including phenoxy) is 1. The standard InChI is InChI=1S/C28H27ClF3N3O5S/c29-19-8-15(21(32)11-22(19)33-27(37)26-25-20(31)2-1-3-23(25)41-34-26)9-24(36)35-12-16(30)10-17(35)13-40-18-6-4-14(5-7-18)28(38)39/h1-3,8,11,14,16-18H,4-7,9-10,12-13H2,(H,33,37)(H,38,39)/t14?,16-,17-,18?/m0/s1. The van der Waals surface area contributed by atoms with Gasteiger partial charge in [0.1, 0.15) is 17.8 Å². The topological polar surface area (TPSA) is 109 Å². The quantitative estimate of drug-likeness (QED) is 0.343. The van der Waals surface area contributed by atoms with Crippen LogP contribution in [-0.2, 0) is 20.7 Å². The number of fused-ring (bicyclic) bond motifs is 1. The van der Waals surface area contributed by atoms with Crippen molar-refractivity contribution in [3.63, 3.8) is 0 Å². The summed E-state index contributed by atoms with van der Waals surface area (Å²) in [4.78, 5) is 38.4. The number of hydrogen-bond acceptors (Lipinski definition) is 6. The summed E-state index contributed by atoms with van der Waals surface area (Å²) in [5.74, 6) is -3.87. The number of amides is 2. The molecule has 0 spiro atoms. The second-order valence-corrected chi connectivity index (χ2v) is 11.6. The van der Waals surface area contributed by atoms with Crippen molar-refractivity contribution in [2.45, 2.75) is 56.8 Å². The molecule has 1 aromatic heterocycles. The van der Waals surface area contributed by atoms with Crippen molar-refractivity contribution in [3.05, 3.63) is 58.2 Å². The van der Waals surface area contributed by atoms with Gasteiger partial charge >= 0.3 is 5.97 Å². The van der Waals surface area contributed by atoms with Gasteiger partial charge in [-0.25, -0.2) is 13.2 Å². The van der Waals surface area contributed by atoms with E-state index >= 15 is 4.39 Å². The van der Waals surface area contributed by atoms with Crippen molar-refractivity contribution < 1.29 is 37.4 Å². The Balaban J connectivity index is 1.21. The normalized spacial score (nSPS) is 22.7. The number of aromatic nitrogens is 1. The number of carbonyl (C=O) groups excluding carboxylic acids is 2. The molecular formula is C28H27ClF3N3O5S. The van der Waals surface area contributed by atoms with Crippen LogP contribution in [-0.4, -0.2) is 63.6 Å². The summed E-state index contributed by atoms with van der Waals surface area (Å²) in [6.07, 6.45) is 0.491. The van der Waals surface area contributed by atoms with Crippen molar-refractivity contribution in [1.29, 1.82) is 0 Å². The van der Waals surface area contributed by atoms with E-state index in [0.717, 1.165) is 17.6 Å². The lowest BCUT2D eigenvalue weighted by atomic mass is 9.87. The number of halogens is 4. The third-order valence-corrected chi connectivity index (χ3v) is 8.74. The smallest absolute Gasteiger partial charge is 0.306 e. The second-order valence-electron chi connectivity index (χ2n) is 10.4. The fraction of sp³-hybridized carbons (Fsp3) is 0.429. The van der Waals surface area contributed by atoms with Crippen molar-refractivity contribution in [1.82, 2.24) is 9.27 Å². The van der Waals surface area contributed by atoms with Crippen LogP contribution in [0.5, 0.6) is 0 Å². The third kappa shape index (κ3) is 6.49. The number of carboxylic acid groups (broad SMARTS) is 1. The summed E-state index contributed by atoms with van der Waals surface area (Å²) in [7, 11) is 0. The average molecular weight is 610 g/mol. The number of benzene rings is 2. The number of nitrogens with one attached hydrogen (secondary N) is 1. The van der Waals surface area contributed by atoms with Gasteiger partial charge in [0.25, 0.3) is 5.91 Å². The minimum Gasteiger partial charge on any atom is -0.481 e. The molecule has 0 bridgehead atoms. The van der Waals surface area contributed by atoms with Crippen LogP contribution < -0.4 is 5.32 Å². The molecule has 2 aliphatic rings. The van der Waals surface area contributed by atoms with E-state index in [-0.39, 0.29) is 65.4 Å². The number of rotatable bonds is 8. The Labute approximate surface area is 242 Å². The molecule has 3 aromatic rings. The molecule has 8 nitrogen and oxygen atoms in total. The molecule has 13 heteroatoms. The predicted octanol–water partition coefficient (Wildman–Crippen LogP) is 5.62. The van der Waals surface area contributed by atoms with Crippen LogP contribution in [0, 0.1) is 17.6 Å². The number of carbonyl (C=O) groups is 3. The SMILES string of the molecule is O=C(Nc1cc(F)c(CC(=O)N2C[C@@H](F)C[C@H]2COC2CCC(C(=O)O)CC2)cc1Cl)c1nsc2cccc(F)c12. The summed E-state index contributed by atoms with van der Waals surface area (Å²) in [5.41, 5.74) is -0.259. The van der Waals surface area contributed by atoms with Gasteiger partial charge in [0.15, 0.2) is 5.69 Å². The first-order valence-electron chi connectivity index (χ1n) is 13.2. The Bertz CT molecular complexity index is 1480. The molecule has 1 aliphatic heterocycles. The molecule has 5 rings (SSSR count). The van der Waals surface area contributed by atoms with Crippen LogP contribution in [0.1, 0.15) is 48.2 Å². The number of likely N-dealkylation sites (tertiary alicyclic amines) is 1. The minimum absolute atomic E-state index is 0.0304. The Hall–Kier alpha value is -3.22. The van der Waals surface area contributed by atoms with E-state index in [1.54, 1.807) is 6.07 Å². The van der Waals surface area contributed by atoms with Gasteiger partial charge in [0.2, 0.25) is 5.91 Å². The van der Waals surface area contributed by atoms with Gasteiger partial charge in [-0.15, -0.1) is 0 Å². The van der Waals surface area contributed by atoms with Gasteiger partial charge in [0, 0.05) is 6.42 Å². The van der Waals surface area contributed by atoms with Crippen LogP contribution in [0.2, 0.25) is 5.02 Å². The Morgan fingerprint density at radius 1 is 1.15 bits per heavy atom. The highest BCUT2D eigenvalue weighted by atomic mass is 35.5. The number of hydrogen-bond donors (Lipinski definition) is 2. The summed E-state index contributed by atoms with van der Waals surface area (Å²) in [6.45, 7) is -0.0328. The van der Waals surface area contributed by atoms with Crippen molar-refractivity contribution in [3.8, 4) is 0 Å². The maximum Gasteiger partial charge on any atom is 0.306 e. The van der Waals surface area contributed by atoms with Crippen LogP contribution >= 0.6 is 23.1 Å². The molecule has 2 atom stereocenters. The van der Waals surface area contributed by atoms with Crippen LogP contribution in [0.3, 0.4) is 0 Å². The monoisotopic (exact) mass is 609 g/mol. The van der Waals surface area contributed by atoms with Crippen molar-refractivity contribution in [2.24, 2.45) is 5.92 Å². The molecule has 2 N–H and O–H groups in total. The van der Waals surface area contributed by atoms with Gasteiger partial charge in [-0.2, -0.15) is 4.37 Å². The lowest BCUT2D eigenvalue weighted by Gasteiger charge is -2.30. The molecule has 2 fully saturated rings. The molecule has 0 radical (unpaired) electrons. The summed E-state index contributed by atoms with van der Waals surface area (Å²) in [6, 6.07) is 6.01. The first-order valence-corrected chi connectivity index (χ1v) is 14.4. The minimum atomic E-state index is -1.24. The van der Waals surface area contributed by atoms with E-state index in [1.165, 1.54) is 23.1 Å². The van der Waals surface area contributed by atoms with Gasteiger partial charge < -0.3 is 20.1 Å². The highest BCUT2D eigenvalue weighted by Gasteiger charge is 2.37. The number of nitrogens with zero attached hydrogens (tertiary/aromatic N) is 2. The molecule has 2 heterocycles. The summed E-state index contributed by atoms with van der Waals surface area (Å²) >= 11 is 7.25. The van der Waals surface area contributed by atoms with E-state index in [4.69, 9.17) is 21.4 Å². The van der Waals surface area contributed by atoms with Crippen molar-refractivity contribution >= 4 is 56.7 Å². The summed E-state index contributed by atoms with van der Waals surface area (Å²) < 4.78 is 54.0. The highest BCUT2D eigenvalue weighted by Crippen LogP contribution is 2.31. The van der Waals surface area contributed by atoms with E-state index in [0.29, 0.717) is 30.4 Å². The van der Waals surface area contributed by atoms with Crippen LogP contribution in [0.15, 0.2) is 30.3 Å². The molecule has 1 aliphatic carbocycles. The average Bonchev–Trinajstić information content (AvgIpc) is 3.55. The fourth-order valence-corrected chi connectivity index (χ4v) is 6.44. The van der Waals surface area contributed by atoms with Crippen LogP contribution in [0.4, 0.5) is 18.9 Å². The molecule has 2 aromatic carbocycles. The van der Waals surface area contributed by atoms with Gasteiger partial charge in [-0.05, 0) is 67.0 Å². The zero-order valence-corrected chi connectivity index (χ0v) is 23.3. The zero-order chi connectivity index (χ0) is 29.3. The number of aliphatic carboxylic acids is 1. The molecule has 1 saturated carbocycles. The lowest BCUT2D eigenvalue weighted by Crippen LogP contribution is -2.40. The summed E-state index contributed by atoms with van der Waals surface area (Å²) in [5, 5.41) is 11.6. The molecular weight excluding hydrogens is 583 g/mol. The lowest BCUT2D eigenvalue weighted by molar-refractivity contribution is -0.144. The molecule has 41 heavy (non-hydrogen) atoms. The molecule has 2 amide bonds. The van der Waals surface area contributed by atoms with Gasteiger partial charge in [-0.3, -0.25) is 14.4 Å². The zero-order valence-electron chi connectivity index (χ0n) is 21.7. The predicted molar refractivity (Wildman–Crippen MR) is 147 cm³/mol. The van der Waals surface area contributed by atoms with E-state index in [9.17, 15) is 23.2 Å². The highest BCUT2D eigenvalue weighted by molar-refractivity contribution is 7.13. The molecule has 1 saturated heterocycles. The van der Waals surface area contributed by atoms with Crippen LogP contribution in [0.25, 0.3) is 10.1 Å². The Kier molecular flexibility index (Phi) is 8.81. The number of anilines is 1. The van der Waals surface area contributed by atoms with Crippen molar-refractivity contribution in [2.75, 3.05) is 18.5 Å². The van der Waals surface area contributed by atoms with E-state index in [1.807, 2.05) is 0 Å². The van der Waals surface area contributed by atoms with E-state index < -0.39 is 41.6 Å². The Morgan fingerprint density at radius 3 is 2.63 bits per heavy atom. The maximum absolute atomic E-state index is 15.0. The Morgan fingerprint density at radius 2 is 1.90 bits per heavy atom. The number of carboxylic acids is 1. The first-order chi connectivity index (χ1) is 19.6.